The van der Waals surface area contributed by atoms with Gasteiger partial charge < -0.3 is 9.84 Å². The minimum atomic E-state index is -4.47. The molecule has 0 spiro atoms. The smallest absolute Gasteiger partial charge is 0.416 e. The van der Waals surface area contributed by atoms with Gasteiger partial charge in [-0.15, -0.1) is 11.3 Å². The van der Waals surface area contributed by atoms with Crippen LogP contribution in [-0.4, -0.2) is 20.6 Å². The molecule has 2 aromatic heterocycles. The van der Waals surface area contributed by atoms with Crippen molar-refractivity contribution in [3.8, 4) is 10.8 Å². The first kappa shape index (κ1) is 20.9. The summed E-state index contributed by atoms with van der Waals surface area (Å²) in [5.41, 5.74) is 2.11. The van der Waals surface area contributed by atoms with Crippen LogP contribution in [0.4, 0.5) is 13.2 Å². The van der Waals surface area contributed by atoms with Crippen LogP contribution >= 0.6 is 11.3 Å². The van der Waals surface area contributed by atoms with Crippen molar-refractivity contribution < 1.29 is 27.8 Å². The van der Waals surface area contributed by atoms with Crippen molar-refractivity contribution in [1.82, 2.24) is 9.55 Å². The minimum Gasteiger partial charge on any atom is -0.484 e. The Balaban J connectivity index is 1.70. The van der Waals surface area contributed by atoms with Crippen molar-refractivity contribution in [2.75, 3.05) is 0 Å². The highest BCUT2D eigenvalue weighted by Crippen LogP contribution is 2.37. The Morgan fingerprint density at radius 3 is 2.68 bits per heavy atom. The van der Waals surface area contributed by atoms with Crippen LogP contribution in [0.2, 0.25) is 0 Å². The largest absolute Gasteiger partial charge is 0.484 e. The van der Waals surface area contributed by atoms with Gasteiger partial charge in [0, 0.05) is 6.07 Å². The van der Waals surface area contributed by atoms with Gasteiger partial charge in [-0.25, -0.2) is 9.78 Å². The van der Waals surface area contributed by atoms with E-state index in [-0.39, 0.29) is 10.6 Å². The predicted octanol–water partition coefficient (Wildman–Crippen LogP) is 6.25. The number of benzene rings is 2. The molecule has 4 aromatic rings. The van der Waals surface area contributed by atoms with Crippen LogP contribution < -0.4 is 4.74 Å². The third-order valence-electron chi connectivity index (χ3n) is 4.81. The SMILES string of the molecule is Cc1ccc2ncn(-c3cc(OC(C)c4cccc(C(F)(F)F)c4)c(C(=O)O)s3)c2c1. The molecule has 0 aliphatic heterocycles. The molecule has 4 rings (SSSR count). The van der Waals surface area contributed by atoms with Crippen LogP contribution in [-0.2, 0) is 6.18 Å². The first-order valence-corrected chi connectivity index (χ1v) is 10.1. The number of nitrogens with zero attached hydrogens (tertiary/aromatic N) is 2. The summed E-state index contributed by atoms with van der Waals surface area (Å²) >= 11 is 1.01. The number of imidazole rings is 1. The van der Waals surface area contributed by atoms with Crippen molar-refractivity contribution in [3.63, 3.8) is 0 Å². The Morgan fingerprint density at radius 1 is 1.19 bits per heavy atom. The molecule has 0 bridgehead atoms. The van der Waals surface area contributed by atoms with E-state index in [0.717, 1.165) is 40.1 Å². The van der Waals surface area contributed by atoms with Gasteiger partial charge in [0.05, 0.1) is 16.6 Å². The molecule has 0 aliphatic carbocycles. The van der Waals surface area contributed by atoms with E-state index in [1.54, 1.807) is 23.9 Å². The van der Waals surface area contributed by atoms with Gasteiger partial charge in [-0.05, 0) is 49.2 Å². The molecule has 1 atom stereocenters. The fourth-order valence-electron chi connectivity index (χ4n) is 3.24. The number of aromatic carboxylic acids is 1. The van der Waals surface area contributed by atoms with E-state index in [0.29, 0.717) is 10.6 Å². The van der Waals surface area contributed by atoms with Crippen LogP contribution in [0.3, 0.4) is 0 Å². The second kappa shape index (κ2) is 7.73. The molecule has 31 heavy (non-hydrogen) atoms. The van der Waals surface area contributed by atoms with Gasteiger partial charge in [0.25, 0.3) is 0 Å². The van der Waals surface area contributed by atoms with Gasteiger partial charge >= 0.3 is 12.1 Å². The number of hydrogen-bond acceptors (Lipinski definition) is 4. The Labute approximate surface area is 179 Å². The van der Waals surface area contributed by atoms with Gasteiger partial charge in [0.15, 0.2) is 4.88 Å². The monoisotopic (exact) mass is 446 g/mol. The third-order valence-corrected chi connectivity index (χ3v) is 5.91. The lowest BCUT2D eigenvalue weighted by Crippen LogP contribution is -2.09. The highest BCUT2D eigenvalue weighted by Gasteiger charge is 2.31. The molecule has 0 saturated carbocycles. The number of carboxylic acid groups (broad SMARTS) is 1. The third kappa shape index (κ3) is 4.13. The fourth-order valence-corrected chi connectivity index (χ4v) is 4.15. The lowest BCUT2D eigenvalue weighted by atomic mass is 10.1. The topological polar surface area (TPSA) is 64.4 Å². The van der Waals surface area contributed by atoms with Crippen LogP contribution in [0.5, 0.6) is 5.75 Å². The van der Waals surface area contributed by atoms with E-state index in [1.807, 2.05) is 25.1 Å². The zero-order chi connectivity index (χ0) is 22.3. The number of ether oxygens (including phenoxy) is 1. The van der Waals surface area contributed by atoms with Crippen molar-refractivity contribution in [1.29, 1.82) is 0 Å². The van der Waals surface area contributed by atoms with Crippen molar-refractivity contribution in [2.24, 2.45) is 0 Å². The normalized spacial score (nSPS) is 12.8. The molecular formula is C22H17F3N2O3S. The van der Waals surface area contributed by atoms with E-state index in [9.17, 15) is 23.1 Å². The molecule has 1 unspecified atom stereocenters. The summed E-state index contributed by atoms with van der Waals surface area (Å²) in [7, 11) is 0. The van der Waals surface area contributed by atoms with Gasteiger partial charge in [-0.2, -0.15) is 13.2 Å². The number of aromatic nitrogens is 2. The molecule has 160 valence electrons. The second-order valence-corrected chi connectivity index (χ2v) is 8.10. The fraction of sp³-hybridized carbons (Fsp3) is 0.182. The molecule has 2 heterocycles. The van der Waals surface area contributed by atoms with Gasteiger partial charge in [0.2, 0.25) is 0 Å². The number of carboxylic acids is 1. The van der Waals surface area contributed by atoms with Crippen molar-refractivity contribution >= 4 is 28.3 Å². The molecule has 9 heteroatoms. The maximum Gasteiger partial charge on any atom is 0.416 e. The molecular weight excluding hydrogens is 429 g/mol. The number of aryl methyl sites for hydroxylation is 1. The Kier molecular flexibility index (Phi) is 5.22. The quantitative estimate of drug-likeness (QED) is 0.393. The number of fused-ring (bicyclic) bond motifs is 1. The highest BCUT2D eigenvalue weighted by atomic mass is 32.1. The molecule has 0 aliphatic rings. The Bertz CT molecular complexity index is 1280. The summed E-state index contributed by atoms with van der Waals surface area (Å²) in [6.45, 7) is 3.52. The number of halogens is 3. The second-order valence-electron chi connectivity index (χ2n) is 7.07. The van der Waals surface area contributed by atoms with E-state index >= 15 is 0 Å². The van der Waals surface area contributed by atoms with E-state index < -0.39 is 23.8 Å². The standard InChI is InChI=1S/C22H17F3N2O3S/c1-12-6-7-16-17(8-12)27(11-26-16)19-10-18(20(31-19)21(28)29)30-13(2)14-4-3-5-15(9-14)22(23,24)25/h3-11,13H,1-2H3,(H,28,29). The summed E-state index contributed by atoms with van der Waals surface area (Å²) in [6, 6.07) is 12.1. The Morgan fingerprint density at radius 2 is 1.97 bits per heavy atom. The first-order valence-electron chi connectivity index (χ1n) is 9.28. The molecule has 0 amide bonds. The highest BCUT2D eigenvalue weighted by molar-refractivity contribution is 7.16. The zero-order valence-corrected chi connectivity index (χ0v) is 17.3. The van der Waals surface area contributed by atoms with Crippen molar-refractivity contribution in [3.05, 3.63) is 76.4 Å². The molecule has 0 radical (unpaired) electrons. The van der Waals surface area contributed by atoms with Crippen LogP contribution in [0, 0.1) is 6.92 Å². The van der Waals surface area contributed by atoms with Crippen LogP contribution in [0.15, 0.2) is 54.9 Å². The molecule has 0 saturated heterocycles. The van der Waals surface area contributed by atoms with E-state index in [2.05, 4.69) is 4.98 Å². The summed E-state index contributed by atoms with van der Waals surface area (Å²) in [6.07, 6.45) is -3.66. The average Bonchev–Trinajstić information content (AvgIpc) is 3.31. The van der Waals surface area contributed by atoms with E-state index in [4.69, 9.17) is 4.74 Å². The minimum absolute atomic E-state index is 0.0386. The number of thiophene rings is 1. The average molecular weight is 446 g/mol. The number of rotatable bonds is 5. The Hall–Kier alpha value is -3.33. The maximum atomic E-state index is 13.0. The van der Waals surface area contributed by atoms with Gasteiger partial charge in [-0.1, -0.05) is 18.2 Å². The van der Waals surface area contributed by atoms with E-state index in [1.165, 1.54) is 12.1 Å². The molecule has 5 nitrogen and oxygen atoms in total. The predicted molar refractivity (Wildman–Crippen MR) is 111 cm³/mol. The summed E-state index contributed by atoms with van der Waals surface area (Å²) < 4.78 is 46.6. The summed E-state index contributed by atoms with van der Waals surface area (Å²) in [5.74, 6) is -1.09. The summed E-state index contributed by atoms with van der Waals surface area (Å²) in [4.78, 5) is 16.1. The lowest BCUT2D eigenvalue weighted by molar-refractivity contribution is -0.137. The molecule has 1 N–H and O–H groups in total. The molecule has 2 aromatic carbocycles. The van der Waals surface area contributed by atoms with Crippen LogP contribution in [0.25, 0.3) is 16.0 Å². The molecule has 0 fully saturated rings. The lowest BCUT2D eigenvalue weighted by Gasteiger charge is -2.16. The van der Waals surface area contributed by atoms with Crippen molar-refractivity contribution in [2.45, 2.75) is 26.1 Å². The first-order chi connectivity index (χ1) is 14.6. The summed E-state index contributed by atoms with van der Waals surface area (Å²) in [5, 5.41) is 10.2. The van der Waals surface area contributed by atoms with Crippen LogP contribution in [0.1, 0.15) is 39.4 Å². The number of carbonyl (C=O) groups is 1. The van der Waals surface area contributed by atoms with Gasteiger partial charge in [0.1, 0.15) is 23.2 Å². The number of hydrogen-bond donors (Lipinski definition) is 1. The van der Waals surface area contributed by atoms with Gasteiger partial charge in [-0.3, -0.25) is 4.57 Å². The maximum absolute atomic E-state index is 13.0. The number of alkyl halides is 3. The zero-order valence-electron chi connectivity index (χ0n) is 16.5.